The number of Topliss-reactive ketones (excluding diaryl/α,β-unsaturated/α-hetero) is 1. The van der Waals surface area contributed by atoms with E-state index in [1.54, 1.807) is 18.5 Å². The molecule has 0 aliphatic rings. The highest BCUT2D eigenvalue weighted by atomic mass is 16.5. The third-order valence-electron chi connectivity index (χ3n) is 4.62. The average molecular weight is 378 g/mol. The molecule has 4 aromatic rings. The SMILES string of the molecule is [2H]c1c([2H])c(C(=O)Cc2cc3cc(-c4cnc(C)n4C)ccc3cn2)c([2H])c([2H])c1OC([2H])([2H])[2H]. The molecular weight excluding hydrogens is 350 g/mol. The summed E-state index contributed by atoms with van der Waals surface area (Å²) >= 11 is 0. The van der Waals surface area contributed by atoms with Gasteiger partial charge in [0.2, 0.25) is 0 Å². The van der Waals surface area contributed by atoms with E-state index in [1.807, 2.05) is 36.7 Å². The zero-order valence-corrected chi connectivity index (χ0v) is 15.3. The van der Waals surface area contributed by atoms with E-state index in [0.717, 1.165) is 27.9 Å². The van der Waals surface area contributed by atoms with Gasteiger partial charge < -0.3 is 9.30 Å². The predicted octanol–water partition coefficient (Wildman–Crippen LogP) is 4.38. The van der Waals surface area contributed by atoms with Gasteiger partial charge in [-0.3, -0.25) is 9.78 Å². The summed E-state index contributed by atoms with van der Waals surface area (Å²) in [6, 6.07) is 4.78. The number of carbonyl (C=O) groups excluding carboxylic acids is 1. The number of fused-ring (bicyclic) bond motifs is 1. The van der Waals surface area contributed by atoms with Crippen LogP contribution in [0.1, 0.15) is 31.5 Å². The van der Waals surface area contributed by atoms with Gasteiger partial charge in [0.15, 0.2) is 5.78 Å². The first-order chi connectivity index (χ1) is 16.4. The van der Waals surface area contributed by atoms with Crippen molar-refractivity contribution in [2.45, 2.75) is 13.3 Å². The number of carbonyl (C=O) groups is 1. The zero-order chi connectivity index (χ0) is 25.7. The molecule has 140 valence electrons. The van der Waals surface area contributed by atoms with E-state index in [-0.39, 0.29) is 6.42 Å². The minimum Gasteiger partial charge on any atom is -0.497 e. The van der Waals surface area contributed by atoms with Crippen LogP contribution in [0.3, 0.4) is 0 Å². The van der Waals surface area contributed by atoms with Crippen molar-refractivity contribution in [3.8, 4) is 17.0 Å². The maximum absolute atomic E-state index is 13.0. The molecule has 0 amide bonds. The molecule has 0 aliphatic heterocycles. The Morgan fingerprint density at radius 1 is 1.14 bits per heavy atom. The number of pyridine rings is 1. The van der Waals surface area contributed by atoms with E-state index < -0.39 is 48.3 Å². The second-order valence-electron chi connectivity index (χ2n) is 6.39. The van der Waals surface area contributed by atoms with Crippen molar-refractivity contribution in [2.75, 3.05) is 7.04 Å². The number of nitrogens with zero attached hydrogens (tertiary/aromatic N) is 3. The maximum atomic E-state index is 13.0. The monoisotopic (exact) mass is 378 g/mol. The fourth-order valence-corrected chi connectivity index (χ4v) is 2.96. The molecule has 28 heavy (non-hydrogen) atoms. The number of aromatic nitrogens is 3. The largest absolute Gasteiger partial charge is 0.497 e. The van der Waals surface area contributed by atoms with Gasteiger partial charge in [-0.2, -0.15) is 0 Å². The summed E-state index contributed by atoms with van der Waals surface area (Å²) in [5.41, 5.74) is 1.81. The highest BCUT2D eigenvalue weighted by molar-refractivity contribution is 5.98. The zero-order valence-electron chi connectivity index (χ0n) is 22.3. The Labute approximate surface area is 173 Å². The van der Waals surface area contributed by atoms with Crippen LogP contribution < -0.4 is 4.74 Å². The fourth-order valence-electron chi connectivity index (χ4n) is 2.96. The molecule has 0 radical (unpaired) electrons. The van der Waals surface area contributed by atoms with Gasteiger partial charge in [-0.1, -0.05) is 12.1 Å². The minimum absolute atomic E-state index is 0.263. The smallest absolute Gasteiger partial charge is 0.168 e. The lowest BCUT2D eigenvalue weighted by atomic mass is 10.0. The predicted molar refractivity (Wildman–Crippen MR) is 110 cm³/mol. The summed E-state index contributed by atoms with van der Waals surface area (Å²) in [7, 11) is -1.04. The first kappa shape index (κ1) is 11.4. The van der Waals surface area contributed by atoms with Crippen LogP contribution in [0.25, 0.3) is 22.0 Å². The summed E-state index contributed by atoms with van der Waals surface area (Å²) < 4.78 is 60.5. The quantitative estimate of drug-likeness (QED) is 0.484. The standard InChI is InChI=1S/C23H21N3O2/c1-15-24-14-22(26(15)2)17-4-5-18-13-25-20(11-19(18)10-17)12-23(27)16-6-8-21(28-3)9-7-16/h4-11,13-14H,12H2,1-3H3/i3D3,6D,7D,8D,9D. The highest BCUT2D eigenvalue weighted by Gasteiger charge is 2.11. The van der Waals surface area contributed by atoms with E-state index in [0.29, 0.717) is 5.69 Å². The fraction of sp³-hybridized carbons (Fsp3) is 0.174. The molecule has 0 atom stereocenters. The van der Waals surface area contributed by atoms with Gasteiger partial charge in [-0.05, 0) is 48.6 Å². The van der Waals surface area contributed by atoms with Gasteiger partial charge in [0.25, 0.3) is 0 Å². The summed E-state index contributed by atoms with van der Waals surface area (Å²) in [5, 5.41) is 1.69. The van der Waals surface area contributed by atoms with E-state index >= 15 is 0 Å². The van der Waals surface area contributed by atoms with Crippen molar-refractivity contribution in [3.05, 3.63) is 77.9 Å². The minimum atomic E-state index is -2.96. The Morgan fingerprint density at radius 3 is 2.68 bits per heavy atom. The van der Waals surface area contributed by atoms with Crippen molar-refractivity contribution in [3.63, 3.8) is 0 Å². The van der Waals surface area contributed by atoms with Gasteiger partial charge in [0, 0.05) is 35.5 Å². The van der Waals surface area contributed by atoms with Gasteiger partial charge in [-0.15, -0.1) is 0 Å². The number of ether oxygens (including phenoxy) is 1. The molecule has 2 aromatic heterocycles. The first-order valence-electron chi connectivity index (χ1n) is 12.1. The normalized spacial score (nSPS) is 15.0. The van der Waals surface area contributed by atoms with Crippen LogP contribution in [0, 0.1) is 6.92 Å². The number of rotatable bonds is 5. The summed E-state index contributed by atoms with van der Waals surface area (Å²) in [6.07, 6.45) is 3.14. The molecule has 5 heteroatoms. The number of methoxy groups -OCH3 is 1. The van der Waals surface area contributed by atoms with Gasteiger partial charge >= 0.3 is 0 Å². The molecule has 2 aromatic carbocycles. The maximum Gasteiger partial charge on any atom is 0.168 e. The molecule has 0 bridgehead atoms. The van der Waals surface area contributed by atoms with E-state index in [9.17, 15) is 4.79 Å². The lowest BCUT2D eigenvalue weighted by Gasteiger charge is -2.07. The second-order valence-corrected chi connectivity index (χ2v) is 6.39. The van der Waals surface area contributed by atoms with Crippen molar-refractivity contribution < 1.29 is 19.1 Å². The molecule has 0 saturated heterocycles. The molecule has 0 aliphatic carbocycles. The average Bonchev–Trinajstić information content (AvgIpc) is 3.12. The summed E-state index contributed by atoms with van der Waals surface area (Å²) in [4.78, 5) is 21.7. The first-order valence-corrected chi connectivity index (χ1v) is 8.57. The lowest BCUT2D eigenvalue weighted by molar-refractivity contribution is 0.0992. The Morgan fingerprint density at radius 2 is 1.96 bits per heavy atom. The van der Waals surface area contributed by atoms with Crippen LogP contribution >= 0.6 is 0 Å². The number of hydrogen-bond donors (Lipinski definition) is 0. The van der Waals surface area contributed by atoms with Crippen LogP contribution in [0.5, 0.6) is 5.75 Å². The van der Waals surface area contributed by atoms with Crippen LogP contribution in [-0.2, 0) is 13.5 Å². The van der Waals surface area contributed by atoms with E-state index in [4.69, 9.17) is 9.60 Å². The Bertz CT molecular complexity index is 1450. The number of hydrogen-bond acceptors (Lipinski definition) is 4. The number of aryl methyl sites for hydroxylation is 1. The molecule has 0 fully saturated rings. The number of ketones is 1. The molecule has 0 unspecified atom stereocenters. The molecule has 4 rings (SSSR count). The Kier molecular flexibility index (Phi) is 2.96. The highest BCUT2D eigenvalue weighted by Crippen LogP contribution is 2.25. The summed E-state index contributed by atoms with van der Waals surface area (Å²) in [6.45, 7) is 1.91. The van der Waals surface area contributed by atoms with Crippen molar-refractivity contribution in [2.24, 2.45) is 7.05 Å². The van der Waals surface area contributed by atoms with Crippen LogP contribution in [0.4, 0.5) is 0 Å². The van der Waals surface area contributed by atoms with Crippen molar-refractivity contribution in [1.29, 1.82) is 0 Å². The van der Waals surface area contributed by atoms with E-state index in [2.05, 4.69) is 14.7 Å². The number of benzene rings is 2. The van der Waals surface area contributed by atoms with Crippen LogP contribution in [-0.4, -0.2) is 27.4 Å². The van der Waals surface area contributed by atoms with Crippen LogP contribution in [0.15, 0.2) is 60.8 Å². The topological polar surface area (TPSA) is 57.0 Å². The van der Waals surface area contributed by atoms with Crippen molar-refractivity contribution >= 4 is 16.6 Å². The van der Waals surface area contributed by atoms with Gasteiger partial charge in [0.1, 0.15) is 11.6 Å². The molecular formula is C23H21N3O2. The van der Waals surface area contributed by atoms with Gasteiger partial charge in [0.05, 0.1) is 34.9 Å². The third kappa shape index (κ3) is 3.39. The molecule has 5 nitrogen and oxygen atoms in total. The van der Waals surface area contributed by atoms with Gasteiger partial charge in [-0.25, -0.2) is 4.98 Å². The molecule has 0 saturated carbocycles. The second kappa shape index (κ2) is 7.27. The molecule has 2 heterocycles. The van der Waals surface area contributed by atoms with Crippen LogP contribution in [0.2, 0.25) is 0 Å². The molecule has 0 N–H and O–H groups in total. The van der Waals surface area contributed by atoms with E-state index in [1.165, 1.54) is 0 Å². The Balaban J connectivity index is 1.69. The lowest BCUT2D eigenvalue weighted by Crippen LogP contribution is -2.05. The summed E-state index contributed by atoms with van der Waals surface area (Å²) in [5.74, 6) is -0.526. The number of imidazole rings is 1. The van der Waals surface area contributed by atoms with Crippen molar-refractivity contribution in [1.82, 2.24) is 14.5 Å². The Hall–Kier alpha value is -3.47. The molecule has 0 spiro atoms. The third-order valence-corrected chi connectivity index (χ3v) is 4.62.